The van der Waals surface area contributed by atoms with Gasteiger partial charge in [-0.2, -0.15) is 0 Å². The highest BCUT2D eigenvalue weighted by molar-refractivity contribution is 7.25. The molecule has 0 bridgehead atoms. The molecule has 60 heavy (non-hydrogen) atoms. The number of thiophene rings is 1. The summed E-state index contributed by atoms with van der Waals surface area (Å²) >= 11 is 1.82. The third-order valence-electron chi connectivity index (χ3n) is 13.2. The Balaban J connectivity index is 1.17. The molecule has 0 saturated heterocycles. The van der Waals surface area contributed by atoms with Crippen molar-refractivity contribution in [2.75, 3.05) is 0 Å². The van der Waals surface area contributed by atoms with E-state index in [0.29, 0.717) is 17.5 Å². The van der Waals surface area contributed by atoms with E-state index in [2.05, 4.69) is 172 Å². The number of nitrogens with zero attached hydrogens (tertiary/aromatic N) is 4. The van der Waals surface area contributed by atoms with E-state index in [1.165, 1.54) is 63.9 Å². The molecule has 5 heteroatoms. The van der Waals surface area contributed by atoms with E-state index >= 15 is 0 Å². The van der Waals surface area contributed by atoms with E-state index < -0.39 is 0 Å². The van der Waals surface area contributed by atoms with Crippen LogP contribution in [0.3, 0.4) is 0 Å². The van der Waals surface area contributed by atoms with Crippen LogP contribution in [-0.4, -0.2) is 19.5 Å². The monoisotopic (exact) mass is 790 g/mol. The van der Waals surface area contributed by atoms with Crippen LogP contribution in [0.1, 0.15) is 51.7 Å². The van der Waals surface area contributed by atoms with Gasteiger partial charge in [-0.1, -0.05) is 137 Å². The molecule has 1 aliphatic carbocycles. The Morgan fingerprint density at radius 1 is 0.467 bits per heavy atom. The number of hydrogen-bond acceptors (Lipinski definition) is 4. The van der Waals surface area contributed by atoms with Crippen LogP contribution in [0.5, 0.6) is 0 Å². The lowest BCUT2D eigenvalue weighted by molar-refractivity contribution is 0.334. The highest BCUT2D eigenvalue weighted by Gasteiger charge is 2.39. The first-order valence-electron chi connectivity index (χ1n) is 21.0. The van der Waals surface area contributed by atoms with E-state index in [1.54, 1.807) is 0 Å². The van der Waals surface area contributed by atoms with Gasteiger partial charge in [-0.15, -0.1) is 11.3 Å². The summed E-state index contributed by atoms with van der Waals surface area (Å²) in [4.78, 5) is 15.9. The van der Waals surface area contributed by atoms with Crippen molar-refractivity contribution in [3.05, 3.63) is 169 Å². The Kier molecular flexibility index (Phi) is 7.59. The predicted octanol–water partition coefficient (Wildman–Crippen LogP) is 15.0. The Morgan fingerprint density at radius 3 is 1.93 bits per heavy atom. The third-order valence-corrected chi connectivity index (χ3v) is 14.4. The third kappa shape index (κ3) is 5.38. The standard InChI is InChI=1S/C55H42N4S/c1-54(2)26-27-55(3,4)49-45(54)24-23-41-42-29-34-16-8-9-17-35(34)31-46(42)59(50(41)49)38-28-36-18-10-11-19-39(36)44(32-38)53-57-51(33-14-6-5-7-15-33)56-52(58-53)37-22-25-48-43(30-37)40-20-12-13-21-47(40)60-48/h5-25,28-32H,26-27H2,1-4H3. The fourth-order valence-electron chi connectivity index (χ4n) is 10.0. The van der Waals surface area contributed by atoms with E-state index in [4.69, 9.17) is 15.0 Å². The normalized spacial score (nSPS) is 14.8. The topological polar surface area (TPSA) is 43.6 Å². The van der Waals surface area contributed by atoms with Crippen LogP contribution >= 0.6 is 11.3 Å². The van der Waals surface area contributed by atoms with Gasteiger partial charge in [0, 0.05) is 53.3 Å². The zero-order chi connectivity index (χ0) is 40.3. The molecule has 0 radical (unpaired) electrons. The molecule has 8 aromatic carbocycles. The Hall–Kier alpha value is -6.69. The van der Waals surface area contributed by atoms with Gasteiger partial charge < -0.3 is 4.57 Å². The summed E-state index contributed by atoms with van der Waals surface area (Å²) in [6.07, 6.45) is 2.28. The van der Waals surface area contributed by atoms with Gasteiger partial charge in [-0.05, 0) is 105 Å². The van der Waals surface area contributed by atoms with Gasteiger partial charge in [0.15, 0.2) is 17.5 Å². The smallest absolute Gasteiger partial charge is 0.164 e. The second kappa shape index (κ2) is 12.9. The molecule has 288 valence electrons. The zero-order valence-electron chi connectivity index (χ0n) is 34.1. The van der Waals surface area contributed by atoms with Crippen LogP contribution < -0.4 is 0 Å². The molecule has 0 N–H and O–H groups in total. The number of benzene rings is 8. The molecule has 3 heterocycles. The van der Waals surface area contributed by atoms with Crippen molar-refractivity contribution in [1.29, 1.82) is 0 Å². The minimum Gasteiger partial charge on any atom is -0.309 e. The maximum atomic E-state index is 5.39. The number of hydrogen-bond donors (Lipinski definition) is 0. The lowest BCUT2D eigenvalue weighted by Gasteiger charge is -2.42. The molecule has 4 nitrogen and oxygen atoms in total. The minimum absolute atomic E-state index is 0.0157. The fourth-order valence-corrected chi connectivity index (χ4v) is 11.1. The van der Waals surface area contributed by atoms with Crippen molar-refractivity contribution in [1.82, 2.24) is 19.5 Å². The summed E-state index contributed by atoms with van der Waals surface area (Å²) < 4.78 is 5.09. The van der Waals surface area contributed by atoms with E-state index in [9.17, 15) is 0 Å². The van der Waals surface area contributed by atoms with E-state index in [1.807, 2.05) is 29.5 Å². The summed E-state index contributed by atoms with van der Waals surface area (Å²) in [5.41, 5.74) is 9.46. The van der Waals surface area contributed by atoms with Gasteiger partial charge >= 0.3 is 0 Å². The summed E-state index contributed by atoms with van der Waals surface area (Å²) in [6.45, 7) is 9.73. The quantitative estimate of drug-likeness (QED) is 0.178. The molecule has 12 rings (SSSR count). The largest absolute Gasteiger partial charge is 0.309 e. The number of fused-ring (bicyclic) bond motifs is 10. The first kappa shape index (κ1) is 35.3. The average Bonchev–Trinajstić information content (AvgIpc) is 3.81. The van der Waals surface area contributed by atoms with Gasteiger partial charge in [0.25, 0.3) is 0 Å². The van der Waals surface area contributed by atoms with Gasteiger partial charge in [-0.25, -0.2) is 15.0 Å². The molecule has 0 aliphatic heterocycles. The van der Waals surface area contributed by atoms with Crippen molar-refractivity contribution in [3.63, 3.8) is 0 Å². The second-order valence-corrected chi connectivity index (χ2v) is 19.0. The van der Waals surface area contributed by atoms with Crippen molar-refractivity contribution < 1.29 is 0 Å². The van der Waals surface area contributed by atoms with Crippen LogP contribution in [0, 0.1) is 0 Å². The Labute approximate surface area is 352 Å². The summed E-state index contributed by atoms with van der Waals surface area (Å²) in [7, 11) is 0. The summed E-state index contributed by atoms with van der Waals surface area (Å²) in [5, 5.41) is 9.76. The molecule has 0 atom stereocenters. The van der Waals surface area contributed by atoms with Gasteiger partial charge in [0.1, 0.15) is 0 Å². The summed E-state index contributed by atoms with van der Waals surface area (Å²) in [5.74, 6) is 1.97. The highest BCUT2D eigenvalue weighted by Crippen LogP contribution is 2.51. The number of rotatable bonds is 4. The van der Waals surface area contributed by atoms with Crippen LogP contribution in [-0.2, 0) is 10.8 Å². The SMILES string of the molecule is CC1(C)CCC(C)(C)c2c1ccc1c3cc4ccccc4cc3n(-c3cc(-c4nc(-c5ccccc5)nc(-c5ccc6sc7ccccc7c6c5)n4)c4ccccc4c3)c21. The van der Waals surface area contributed by atoms with E-state index in [-0.39, 0.29) is 10.8 Å². The fraction of sp³-hybridized carbons (Fsp3) is 0.145. The van der Waals surface area contributed by atoms with Crippen LogP contribution in [0.25, 0.3) is 103 Å². The highest BCUT2D eigenvalue weighted by atomic mass is 32.1. The molecule has 1 aliphatic rings. The first-order valence-corrected chi connectivity index (χ1v) is 21.8. The van der Waals surface area contributed by atoms with Crippen molar-refractivity contribution >= 4 is 74.9 Å². The van der Waals surface area contributed by atoms with Crippen LogP contribution in [0.2, 0.25) is 0 Å². The van der Waals surface area contributed by atoms with E-state index in [0.717, 1.165) is 46.0 Å². The summed E-state index contributed by atoms with van der Waals surface area (Å²) in [6, 6.07) is 57.3. The molecule has 3 aromatic heterocycles. The van der Waals surface area contributed by atoms with Crippen LogP contribution in [0.4, 0.5) is 0 Å². The lowest BCUT2D eigenvalue weighted by atomic mass is 9.62. The molecule has 0 spiro atoms. The first-order chi connectivity index (χ1) is 29.2. The molecule has 0 fully saturated rings. The molecule has 0 amide bonds. The van der Waals surface area contributed by atoms with Gasteiger partial charge in [0.2, 0.25) is 0 Å². The van der Waals surface area contributed by atoms with Crippen molar-refractivity contribution in [3.8, 4) is 39.9 Å². The second-order valence-electron chi connectivity index (χ2n) is 17.9. The van der Waals surface area contributed by atoms with Crippen molar-refractivity contribution in [2.24, 2.45) is 0 Å². The minimum atomic E-state index is -0.0157. The Morgan fingerprint density at radius 2 is 1.12 bits per heavy atom. The molecule has 0 unspecified atom stereocenters. The van der Waals surface area contributed by atoms with Gasteiger partial charge in [0.05, 0.1) is 11.0 Å². The Bertz CT molecular complexity index is 3550. The lowest BCUT2D eigenvalue weighted by Crippen LogP contribution is -2.34. The molecular weight excluding hydrogens is 749 g/mol. The molecule has 11 aromatic rings. The van der Waals surface area contributed by atoms with Crippen LogP contribution in [0.15, 0.2) is 158 Å². The maximum Gasteiger partial charge on any atom is 0.164 e. The zero-order valence-corrected chi connectivity index (χ0v) is 34.9. The predicted molar refractivity (Wildman–Crippen MR) is 254 cm³/mol. The van der Waals surface area contributed by atoms with Gasteiger partial charge in [-0.3, -0.25) is 0 Å². The van der Waals surface area contributed by atoms with Crippen molar-refractivity contribution in [2.45, 2.75) is 51.4 Å². The molecule has 0 saturated carbocycles. The average molecular weight is 791 g/mol. The molecular formula is C55H42N4S. The number of aromatic nitrogens is 4. The maximum absolute atomic E-state index is 5.39.